The summed E-state index contributed by atoms with van der Waals surface area (Å²) >= 11 is 1.60. The van der Waals surface area contributed by atoms with E-state index in [1.165, 1.54) is 0 Å². The maximum absolute atomic E-state index is 13.2. The maximum Gasteiger partial charge on any atom is 0.235 e. The van der Waals surface area contributed by atoms with Gasteiger partial charge in [-0.05, 0) is 35.9 Å². The Labute approximate surface area is 151 Å². The minimum absolute atomic E-state index is 0.124. The van der Waals surface area contributed by atoms with Crippen molar-refractivity contribution in [3.8, 4) is 0 Å². The number of rotatable bonds is 3. The standard InChI is InChI=1S/C19H21N3O2S/c1-14-12-21(17(23)10-16-5-3-9-25-16)13-19(14)6-8-22(18(19)24)15-4-2-7-20-11-15/h2-5,7,9,11,14H,6,8,10,12-13H2,1H3/t14-,19-/m1/s1. The number of pyridine rings is 1. The molecular weight excluding hydrogens is 334 g/mol. The van der Waals surface area contributed by atoms with E-state index < -0.39 is 5.41 Å². The van der Waals surface area contributed by atoms with Crippen LogP contribution in [0.1, 0.15) is 18.2 Å². The molecule has 0 N–H and O–H groups in total. The van der Waals surface area contributed by atoms with E-state index in [1.54, 1.807) is 23.7 Å². The molecule has 2 fully saturated rings. The van der Waals surface area contributed by atoms with Gasteiger partial charge < -0.3 is 9.80 Å². The Hall–Kier alpha value is -2.21. The van der Waals surface area contributed by atoms with Gasteiger partial charge in [-0.3, -0.25) is 14.6 Å². The lowest BCUT2D eigenvalue weighted by atomic mass is 9.78. The first kappa shape index (κ1) is 16.3. The molecule has 0 unspecified atom stereocenters. The number of thiophene rings is 1. The molecule has 130 valence electrons. The van der Waals surface area contributed by atoms with E-state index in [4.69, 9.17) is 0 Å². The molecular formula is C19H21N3O2S. The zero-order valence-electron chi connectivity index (χ0n) is 14.2. The maximum atomic E-state index is 13.2. The van der Waals surface area contributed by atoms with Crippen LogP contribution in [0.2, 0.25) is 0 Å². The van der Waals surface area contributed by atoms with Crippen LogP contribution in [0.3, 0.4) is 0 Å². The van der Waals surface area contributed by atoms with Crippen LogP contribution in [-0.2, 0) is 16.0 Å². The molecule has 5 nitrogen and oxygen atoms in total. The summed E-state index contributed by atoms with van der Waals surface area (Å²) in [6, 6.07) is 7.72. The lowest BCUT2D eigenvalue weighted by molar-refractivity contribution is -0.130. The summed E-state index contributed by atoms with van der Waals surface area (Å²) in [5.74, 6) is 0.437. The van der Waals surface area contributed by atoms with Gasteiger partial charge in [0.25, 0.3) is 0 Å². The van der Waals surface area contributed by atoms with Crippen LogP contribution in [0.25, 0.3) is 0 Å². The molecule has 2 aromatic heterocycles. The highest BCUT2D eigenvalue weighted by molar-refractivity contribution is 7.10. The molecule has 2 saturated heterocycles. The third kappa shape index (κ3) is 2.74. The molecule has 4 rings (SSSR count). The van der Waals surface area contributed by atoms with Crippen molar-refractivity contribution in [3.05, 3.63) is 46.9 Å². The van der Waals surface area contributed by atoms with Gasteiger partial charge in [0.05, 0.1) is 23.7 Å². The second-order valence-electron chi connectivity index (χ2n) is 7.01. The monoisotopic (exact) mass is 355 g/mol. The summed E-state index contributed by atoms with van der Waals surface area (Å²) in [4.78, 5) is 34.8. The smallest absolute Gasteiger partial charge is 0.235 e. The molecule has 0 bridgehead atoms. The zero-order valence-corrected chi connectivity index (χ0v) is 15.0. The number of nitrogens with zero attached hydrogens (tertiary/aromatic N) is 3. The zero-order chi connectivity index (χ0) is 17.4. The second kappa shape index (κ2) is 6.26. The Morgan fingerprint density at radius 3 is 3.00 bits per heavy atom. The van der Waals surface area contributed by atoms with Gasteiger partial charge in [0.1, 0.15) is 0 Å². The number of carbonyl (C=O) groups excluding carboxylic acids is 2. The first-order valence-electron chi connectivity index (χ1n) is 8.62. The molecule has 2 amide bonds. The highest BCUT2D eigenvalue weighted by Gasteiger charge is 2.56. The normalized spacial score (nSPS) is 26.0. The Balaban J connectivity index is 1.51. The van der Waals surface area contributed by atoms with Crippen LogP contribution >= 0.6 is 11.3 Å². The number of anilines is 1. The third-order valence-electron chi connectivity index (χ3n) is 5.58. The van der Waals surface area contributed by atoms with Gasteiger partial charge in [0, 0.05) is 30.7 Å². The minimum Gasteiger partial charge on any atom is -0.341 e. The molecule has 25 heavy (non-hydrogen) atoms. The quantitative estimate of drug-likeness (QED) is 0.850. The van der Waals surface area contributed by atoms with E-state index in [0.29, 0.717) is 26.1 Å². The van der Waals surface area contributed by atoms with Crippen LogP contribution in [0, 0.1) is 11.3 Å². The SMILES string of the molecule is C[C@@H]1CN(C(=O)Cc2cccs2)C[C@]12CCN(c1cccnc1)C2=O. The Bertz CT molecular complexity index is 777. The van der Waals surface area contributed by atoms with E-state index in [2.05, 4.69) is 11.9 Å². The number of hydrogen-bond acceptors (Lipinski definition) is 4. The summed E-state index contributed by atoms with van der Waals surface area (Å²) in [6.07, 6.45) is 4.67. The van der Waals surface area contributed by atoms with Gasteiger partial charge in [0.2, 0.25) is 11.8 Å². The number of amides is 2. The third-order valence-corrected chi connectivity index (χ3v) is 6.46. The summed E-state index contributed by atoms with van der Waals surface area (Å²) in [5.41, 5.74) is 0.404. The summed E-state index contributed by atoms with van der Waals surface area (Å²) < 4.78 is 0. The molecule has 0 saturated carbocycles. The summed E-state index contributed by atoms with van der Waals surface area (Å²) in [5, 5.41) is 1.99. The minimum atomic E-state index is -0.444. The molecule has 2 atom stereocenters. The van der Waals surface area contributed by atoms with Crippen molar-refractivity contribution < 1.29 is 9.59 Å². The fourth-order valence-corrected chi connectivity index (χ4v) is 4.78. The highest BCUT2D eigenvalue weighted by atomic mass is 32.1. The summed E-state index contributed by atoms with van der Waals surface area (Å²) in [7, 11) is 0. The van der Waals surface area contributed by atoms with Crippen LogP contribution in [-0.4, -0.2) is 41.3 Å². The average molecular weight is 355 g/mol. The molecule has 0 radical (unpaired) electrons. The molecule has 0 aromatic carbocycles. The van der Waals surface area contributed by atoms with E-state index in [-0.39, 0.29) is 17.7 Å². The van der Waals surface area contributed by atoms with Crippen LogP contribution in [0.5, 0.6) is 0 Å². The molecule has 2 aliphatic heterocycles. The van der Waals surface area contributed by atoms with Crippen molar-refractivity contribution in [3.63, 3.8) is 0 Å². The first-order chi connectivity index (χ1) is 12.1. The fraction of sp³-hybridized carbons (Fsp3) is 0.421. The van der Waals surface area contributed by atoms with Crippen LogP contribution < -0.4 is 4.90 Å². The number of carbonyl (C=O) groups is 2. The lowest BCUT2D eigenvalue weighted by Gasteiger charge is -2.26. The van der Waals surface area contributed by atoms with Crippen molar-refractivity contribution in [2.24, 2.45) is 11.3 Å². The number of aromatic nitrogens is 1. The van der Waals surface area contributed by atoms with Crippen LogP contribution in [0.15, 0.2) is 42.0 Å². The Kier molecular flexibility index (Phi) is 4.07. The lowest BCUT2D eigenvalue weighted by Crippen LogP contribution is -2.40. The Morgan fingerprint density at radius 1 is 1.40 bits per heavy atom. The molecule has 0 aliphatic carbocycles. The number of likely N-dealkylation sites (tertiary alicyclic amines) is 1. The van der Waals surface area contributed by atoms with Gasteiger partial charge in [-0.2, -0.15) is 0 Å². The molecule has 4 heterocycles. The van der Waals surface area contributed by atoms with Crippen molar-refractivity contribution in [1.82, 2.24) is 9.88 Å². The van der Waals surface area contributed by atoms with Gasteiger partial charge in [-0.15, -0.1) is 11.3 Å². The predicted molar refractivity (Wildman–Crippen MR) is 97.4 cm³/mol. The van der Waals surface area contributed by atoms with Gasteiger partial charge in [-0.25, -0.2) is 0 Å². The second-order valence-corrected chi connectivity index (χ2v) is 8.04. The van der Waals surface area contributed by atoms with Crippen molar-refractivity contribution in [2.75, 3.05) is 24.5 Å². The molecule has 2 aliphatic rings. The van der Waals surface area contributed by atoms with E-state index in [1.807, 2.05) is 39.4 Å². The van der Waals surface area contributed by atoms with Crippen molar-refractivity contribution >= 4 is 28.8 Å². The predicted octanol–water partition coefficient (Wildman–Crippen LogP) is 2.59. The van der Waals surface area contributed by atoms with Gasteiger partial charge in [0.15, 0.2) is 0 Å². The van der Waals surface area contributed by atoms with E-state index in [9.17, 15) is 9.59 Å². The topological polar surface area (TPSA) is 53.5 Å². The average Bonchev–Trinajstić information content (AvgIpc) is 3.32. The molecule has 6 heteroatoms. The number of hydrogen-bond donors (Lipinski definition) is 0. The van der Waals surface area contributed by atoms with Crippen LogP contribution in [0.4, 0.5) is 5.69 Å². The van der Waals surface area contributed by atoms with Crippen molar-refractivity contribution in [2.45, 2.75) is 19.8 Å². The molecule has 2 aromatic rings. The van der Waals surface area contributed by atoms with E-state index >= 15 is 0 Å². The first-order valence-corrected chi connectivity index (χ1v) is 9.50. The van der Waals surface area contributed by atoms with Crippen molar-refractivity contribution in [1.29, 1.82) is 0 Å². The molecule has 1 spiro atoms. The summed E-state index contributed by atoms with van der Waals surface area (Å²) in [6.45, 7) is 4.00. The van der Waals surface area contributed by atoms with E-state index in [0.717, 1.165) is 17.0 Å². The fourth-order valence-electron chi connectivity index (χ4n) is 4.08. The largest absolute Gasteiger partial charge is 0.341 e. The highest BCUT2D eigenvalue weighted by Crippen LogP contribution is 2.45. The van der Waals surface area contributed by atoms with Gasteiger partial charge in [-0.1, -0.05) is 13.0 Å². The Morgan fingerprint density at radius 2 is 2.28 bits per heavy atom. The van der Waals surface area contributed by atoms with Gasteiger partial charge >= 0.3 is 0 Å².